The van der Waals surface area contributed by atoms with E-state index in [9.17, 15) is 9.59 Å². The van der Waals surface area contributed by atoms with Gasteiger partial charge >= 0.3 is 0 Å². The number of aromatic nitrogens is 2. The number of hydrogen-bond donors (Lipinski definition) is 2. The summed E-state index contributed by atoms with van der Waals surface area (Å²) in [4.78, 5) is 34.6. The first-order chi connectivity index (χ1) is 14.0. The van der Waals surface area contributed by atoms with Gasteiger partial charge in [0.1, 0.15) is 11.9 Å². The number of anilines is 1. The van der Waals surface area contributed by atoms with Crippen LogP contribution in [0.4, 0.5) is 5.69 Å². The van der Waals surface area contributed by atoms with Crippen molar-refractivity contribution in [2.75, 3.05) is 11.9 Å². The Labute approximate surface area is 177 Å². The summed E-state index contributed by atoms with van der Waals surface area (Å²) in [5.41, 5.74) is 1.88. The number of amides is 2. The van der Waals surface area contributed by atoms with Gasteiger partial charge < -0.3 is 15.2 Å². The van der Waals surface area contributed by atoms with Crippen LogP contribution < -0.4 is 5.32 Å². The average Bonchev–Trinajstić information content (AvgIpc) is 3.42. The minimum atomic E-state index is -0.553. The van der Waals surface area contributed by atoms with Gasteiger partial charge in [0.05, 0.1) is 10.6 Å². The van der Waals surface area contributed by atoms with E-state index in [-0.39, 0.29) is 11.8 Å². The zero-order valence-electron chi connectivity index (χ0n) is 15.4. The Kier molecular flexibility index (Phi) is 5.56. The average molecular weight is 429 g/mol. The van der Waals surface area contributed by atoms with Gasteiger partial charge in [-0.2, -0.15) is 0 Å². The number of rotatable bonds is 4. The van der Waals surface area contributed by atoms with Crippen molar-refractivity contribution in [3.63, 3.8) is 0 Å². The lowest BCUT2D eigenvalue weighted by molar-refractivity contribution is -0.119. The molecule has 148 valence electrons. The number of carbonyl (C=O) groups is 2. The molecule has 2 amide bonds. The summed E-state index contributed by atoms with van der Waals surface area (Å²) >= 11 is 12.2. The predicted octanol–water partition coefficient (Wildman–Crippen LogP) is 4.63. The highest BCUT2D eigenvalue weighted by atomic mass is 35.5. The van der Waals surface area contributed by atoms with Crippen LogP contribution in [0.25, 0.3) is 11.4 Å². The lowest BCUT2D eigenvalue weighted by atomic mass is 10.1. The summed E-state index contributed by atoms with van der Waals surface area (Å²) in [7, 11) is 0. The van der Waals surface area contributed by atoms with Crippen LogP contribution in [0.3, 0.4) is 0 Å². The maximum absolute atomic E-state index is 13.0. The molecule has 6 nitrogen and oxygen atoms in total. The topological polar surface area (TPSA) is 78.1 Å². The summed E-state index contributed by atoms with van der Waals surface area (Å²) < 4.78 is 0. The SMILES string of the molecule is O=C(Nc1ccc(-c2ncc[nH]2)cc1)C1CCCN1C(=O)c1cc(Cl)ccc1Cl. The van der Waals surface area contributed by atoms with E-state index in [0.29, 0.717) is 34.3 Å². The number of benzene rings is 2. The van der Waals surface area contributed by atoms with Crippen LogP contribution in [0.2, 0.25) is 10.0 Å². The van der Waals surface area contributed by atoms with Crippen molar-refractivity contribution in [1.29, 1.82) is 0 Å². The van der Waals surface area contributed by atoms with E-state index in [1.165, 1.54) is 6.07 Å². The summed E-state index contributed by atoms with van der Waals surface area (Å²) in [6.45, 7) is 0.497. The number of likely N-dealkylation sites (tertiary alicyclic amines) is 1. The summed E-state index contributed by atoms with van der Waals surface area (Å²) in [5, 5.41) is 3.64. The number of nitrogens with zero attached hydrogens (tertiary/aromatic N) is 2. The fraction of sp³-hybridized carbons (Fsp3) is 0.190. The third-order valence-electron chi connectivity index (χ3n) is 4.90. The molecular weight excluding hydrogens is 411 g/mol. The minimum Gasteiger partial charge on any atom is -0.345 e. The Morgan fingerprint density at radius 3 is 2.66 bits per heavy atom. The number of H-pyrrole nitrogens is 1. The maximum Gasteiger partial charge on any atom is 0.256 e. The van der Waals surface area contributed by atoms with E-state index in [4.69, 9.17) is 23.2 Å². The van der Waals surface area contributed by atoms with Crippen molar-refractivity contribution in [3.05, 3.63) is 70.5 Å². The van der Waals surface area contributed by atoms with E-state index in [0.717, 1.165) is 17.8 Å². The molecule has 1 aromatic heterocycles. The van der Waals surface area contributed by atoms with E-state index < -0.39 is 6.04 Å². The first-order valence-corrected chi connectivity index (χ1v) is 9.95. The standard InChI is InChI=1S/C21H18Cl2N4O2/c22-14-5-8-17(23)16(12-14)21(29)27-11-1-2-18(27)20(28)26-15-6-3-13(4-7-15)19-24-9-10-25-19/h3-10,12,18H,1-2,11H2,(H,24,25)(H,26,28). The molecule has 1 aliphatic rings. The summed E-state index contributed by atoms with van der Waals surface area (Å²) in [5.74, 6) is 0.247. The molecule has 0 saturated carbocycles. The number of hydrogen-bond acceptors (Lipinski definition) is 3. The molecule has 0 aliphatic carbocycles. The molecule has 0 radical (unpaired) electrons. The molecule has 3 aromatic rings. The Hall–Kier alpha value is -2.83. The van der Waals surface area contributed by atoms with Crippen LogP contribution >= 0.6 is 23.2 Å². The second-order valence-corrected chi connectivity index (χ2v) is 7.63. The lowest BCUT2D eigenvalue weighted by Crippen LogP contribution is -2.43. The molecule has 1 atom stereocenters. The van der Waals surface area contributed by atoms with Crippen LogP contribution in [0.5, 0.6) is 0 Å². The van der Waals surface area contributed by atoms with E-state index in [2.05, 4.69) is 15.3 Å². The highest BCUT2D eigenvalue weighted by molar-refractivity contribution is 6.35. The van der Waals surface area contributed by atoms with Gasteiger partial charge in [0, 0.05) is 35.2 Å². The van der Waals surface area contributed by atoms with Gasteiger partial charge in [-0.15, -0.1) is 0 Å². The molecule has 0 bridgehead atoms. The molecule has 2 aromatic carbocycles. The first-order valence-electron chi connectivity index (χ1n) is 9.19. The Balaban J connectivity index is 1.48. The Morgan fingerprint density at radius 1 is 1.14 bits per heavy atom. The van der Waals surface area contributed by atoms with Crippen LogP contribution in [-0.4, -0.2) is 39.3 Å². The highest BCUT2D eigenvalue weighted by Crippen LogP contribution is 2.27. The quantitative estimate of drug-likeness (QED) is 0.635. The van der Waals surface area contributed by atoms with Crippen molar-refractivity contribution < 1.29 is 9.59 Å². The molecule has 1 unspecified atom stereocenters. The molecular formula is C21H18Cl2N4O2. The van der Waals surface area contributed by atoms with Crippen molar-refractivity contribution in [1.82, 2.24) is 14.9 Å². The number of aromatic amines is 1. The highest BCUT2D eigenvalue weighted by Gasteiger charge is 2.35. The normalized spacial score (nSPS) is 16.1. The monoisotopic (exact) mass is 428 g/mol. The zero-order valence-corrected chi connectivity index (χ0v) is 16.9. The maximum atomic E-state index is 13.0. The smallest absolute Gasteiger partial charge is 0.256 e. The third kappa shape index (κ3) is 4.13. The first kappa shape index (κ1) is 19.5. The second-order valence-electron chi connectivity index (χ2n) is 6.79. The molecule has 29 heavy (non-hydrogen) atoms. The number of nitrogens with one attached hydrogen (secondary N) is 2. The third-order valence-corrected chi connectivity index (χ3v) is 5.46. The van der Waals surface area contributed by atoms with Crippen molar-refractivity contribution >= 4 is 40.7 Å². The molecule has 2 N–H and O–H groups in total. The van der Waals surface area contributed by atoms with Crippen LogP contribution in [0.1, 0.15) is 23.2 Å². The van der Waals surface area contributed by atoms with Crippen molar-refractivity contribution in [2.24, 2.45) is 0 Å². The van der Waals surface area contributed by atoms with Gasteiger partial charge in [-0.05, 0) is 55.3 Å². The molecule has 1 fully saturated rings. The van der Waals surface area contributed by atoms with E-state index in [1.54, 1.807) is 29.4 Å². The largest absolute Gasteiger partial charge is 0.345 e. The fourth-order valence-electron chi connectivity index (χ4n) is 3.46. The van der Waals surface area contributed by atoms with Gasteiger partial charge in [-0.3, -0.25) is 9.59 Å². The van der Waals surface area contributed by atoms with Gasteiger partial charge in [0.2, 0.25) is 5.91 Å². The fourth-order valence-corrected chi connectivity index (χ4v) is 3.83. The number of carbonyl (C=O) groups excluding carboxylic acids is 2. The Bertz CT molecular complexity index is 1040. The molecule has 8 heteroatoms. The number of halogens is 2. The van der Waals surface area contributed by atoms with Crippen LogP contribution in [-0.2, 0) is 4.79 Å². The van der Waals surface area contributed by atoms with Crippen LogP contribution in [0.15, 0.2) is 54.9 Å². The minimum absolute atomic E-state index is 0.222. The molecule has 0 spiro atoms. The zero-order chi connectivity index (χ0) is 20.4. The van der Waals surface area contributed by atoms with Gasteiger partial charge in [-0.1, -0.05) is 23.2 Å². The van der Waals surface area contributed by atoms with Crippen molar-refractivity contribution in [3.8, 4) is 11.4 Å². The van der Waals surface area contributed by atoms with E-state index in [1.807, 2.05) is 24.3 Å². The van der Waals surface area contributed by atoms with Gasteiger partial charge in [0.15, 0.2) is 0 Å². The molecule has 2 heterocycles. The molecule has 4 rings (SSSR count). The second kappa shape index (κ2) is 8.27. The van der Waals surface area contributed by atoms with E-state index >= 15 is 0 Å². The molecule has 1 saturated heterocycles. The number of imidazole rings is 1. The van der Waals surface area contributed by atoms with Gasteiger partial charge in [0.25, 0.3) is 5.91 Å². The molecule has 1 aliphatic heterocycles. The summed E-state index contributed by atoms with van der Waals surface area (Å²) in [6, 6.07) is 11.6. The van der Waals surface area contributed by atoms with Gasteiger partial charge in [-0.25, -0.2) is 4.98 Å². The Morgan fingerprint density at radius 2 is 1.93 bits per heavy atom. The predicted molar refractivity (Wildman–Crippen MR) is 113 cm³/mol. The van der Waals surface area contributed by atoms with Crippen LogP contribution in [0, 0.1) is 0 Å². The van der Waals surface area contributed by atoms with Crippen molar-refractivity contribution in [2.45, 2.75) is 18.9 Å². The summed E-state index contributed by atoms with van der Waals surface area (Å²) in [6.07, 6.45) is 4.78. The lowest BCUT2D eigenvalue weighted by Gasteiger charge is -2.24.